The first-order valence-electron chi connectivity index (χ1n) is 5.93. The molecular weight excluding hydrogens is 246 g/mol. The number of hydrogen-bond acceptors (Lipinski definition) is 4. The predicted molar refractivity (Wildman–Crippen MR) is 76.0 cm³/mol. The van der Waals surface area contributed by atoms with E-state index >= 15 is 0 Å². The molecule has 0 aliphatic carbocycles. The zero-order chi connectivity index (χ0) is 13.3. The van der Waals surface area contributed by atoms with Crippen LogP contribution in [0.3, 0.4) is 0 Å². The van der Waals surface area contributed by atoms with Crippen molar-refractivity contribution in [2.45, 2.75) is 26.8 Å². The maximum Gasteiger partial charge on any atom is 0.180 e. The average Bonchev–Trinajstić information content (AvgIpc) is 2.83. The van der Waals surface area contributed by atoms with E-state index in [1.165, 1.54) is 22.7 Å². The van der Waals surface area contributed by atoms with Gasteiger partial charge in [-0.05, 0) is 26.8 Å². The molecule has 0 saturated heterocycles. The van der Waals surface area contributed by atoms with Gasteiger partial charge in [0.15, 0.2) is 5.13 Å². The number of hydrogen-bond donors (Lipinski definition) is 1. The van der Waals surface area contributed by atoms with Gasteiger partial charge in [0.05, 0.1) is 18.3 Å². The lowest BCUT2D eigenvalue weighted by Gasteiger charge is -2.17. The fourth-order valence-corrected chi connectivity index (χ4v) is 3.00. The van der Waals surface area contributed by atoms with Crippen LogP contribution in [0.5, 0.6) is 0 Å². The quantitative estimate of drug-likeness (QED) is 0.924. The highest BCUT2D eigenvalue weighted by molar-refractivity contribution is 7.13. The van der Waals surface area contributed by atoms with E-state index in [-0.39, 0.29) is 0 Å². The van der Waals surface area contributed by atoms with Gasteiger partial charge in [0, 0.05) is 29.4 Å². The number of nitrogens with zero attached hydrogens (tertiary/aromatic N) is 2. The normalized spacial score (nSPS) is 12.9. The minimum absolute atomic E-state index is 0.319. The summed E-state index contributed by atoms with van der Waals surface area (Å²) in [6.07, 6.45) is 0. The summed E-state index contributed by atoms with van der Waals surface area (Å²) in [7, 11) is 1.73. The highest BCUT2D eigenvalue weighted by atomic mass is 32.1. The molecule has 0 saturated carbocycles. The van der Waals surface area contributed by atoms with Gasteiger partial charge in [-0.1, -0.05) is 0 Å². The second-order valence-corrected chi connectivity index (χ2v) is 5.42. The number of aryl methyl sites for hydroxylation is 1. The van der Waals surface area contributed by atoms with Gasteiger partial charge in [0.2, 0.25) is 0 Å². The number of thiazole rings is 1. The van der Waals surface area contributed by atoms with Crippen LogP contribution >= 0.6 is 11.3 Å². The Morgan fingerprint density at radius 3 is 2.78 bits per heavy atom. The number of methoxy groups -OCH3 is 1. The maximum atomic E-state index is 5.70. The molecule has 2 rings (SSSR count). The molecule has 4 nitrogen and oxygen atoms in total. The lowest BCUT2D eigenvalue weighted by Crippen LogP contribution is -2.13. The monoisotopic (exact) mass is 265 g/mol. The van der Waals surface area contributed by atoms with Crippen LogP contribution in [0.15, 0.2) is 11.4 Å². The third-order valence-corrected chi connectivity index (χ3v) is 3.80. The molecule has 0 aliphatic heterocycles. The van der Waals surface area contributed by atoms with Crippen molar-refractivity contribution in [3.8, 4) is 11.3 Å². The van der Waals surface area contributed by atoms with Gasteiger partial charge in [-0.2, -0.15) is 0 Å². The van der Waals surface area contributed by atoms with Gasteiger partial charge in [-0.15, -0.1) is 11.3 Å². The highest BCUT2D eigenvalue weighted by Crippen LogP contribution is 2.30. The second-order valence-electron chi connectivity index (χ2n) is 4.53. The summed E-state index contributed by atoms with van der Waals surface area (Å²) in [5.74, 6) is 0. The summed E-state index contributed by atoms with van der Waals surface area (Å²) in [4.78, 5) is 4.35. The number of nitrogen functional groups attached to an aromatic ring is 1. The van der Waals surface area contributed by atoms with Gasteiger partial charge >= 0.3 is 0 Å². The molecule has 0 spiro atoms. The Kier molecular flexibility index (Phi) is 3.73. The molecule has 0 bridgehead atoms. The van der Waals surface area contributed by atoms with Crippen LogP contribution in [0.4, 0.5) is 5.13 Å². The molecular formula is C13H19N3OS. The summed E-state index contributed by atoms with van der Waals surface area (Å²) in [6.45, 7) is 7.08. The van der Waals surface area contributed by atoms with E-state index in [1.54, 1.807) is 7.11 Å². The molecule has 0 radical (unpaired) electrons. The van der Waals surface area contributed by atoms with Gasteiger partial charge in [-0.25, -0.2) is 4.98 Å². The molecule has 2 N–H and O–H groups in total. The summed E-state index contributed by atoms with van der Waals surface area (Å²) in [6, 6.07) is 2.48. The van der Waals surface area contributed by atoms with Crippen molar-refractivity contribution in [2.24, 2.45) is 0 Å². The van der Waals surface area contributed by atoms with Crippen molar-refractivity contribution in [3.05, 3.63) is 22.8 Å². The molecule has 0 amide bonds. The molecule has 2 aromatic rings. The highest BCUT2D eigenvalue weighted by Gasteiger charge is 2.16. The Labute approximate surface area is 111 Å². The zero-order valence-electron chi connectivity index (χ0n) is 11.2. The van der Waals surface area contributed by atoms with Crippen LogP contribution < -0.4 is 5.73 Å². The smallest absolute Gasteiger partial charge is 0.180 e. The summed E-state index contributed by atoms with van der Waals surface area (Å²) in [5.41, 5.74) is 10.2. The predicted octanol–water partition coefficient (Wildman–Crippen LogP) is 3.02. The van der Waals surface area contributed by atoms with E-state index in [2.05, 4.69) is 36.4 Å². The lowest BCUT2D eigenvalue weighted by atomic mass is 10.2. The third kappa shape index (κ3) is 2.28. The van der Waals surface area contributed by atoms with Crippen LogP contribution in [-0.2, 0) is 4.74 Å². The molecule has 5 heteroatoms. The molecule has 0 aromatic carbocycles. The van der Waals surface area contributed by atoms with Crippen LogP contribution in [0.1, 0.15) is 24.4 Å². The minimum Gasteiger partial charge on any atom is -0.383 e. The summed E-state index contributed by atoms with van der Waals surface area (Å²) < 4.78 is 7.52. The molecule has 1 unspecified atom stereocenters. The van der Waals surface area contributed by atoms with E-state index in [4.69, 9.17) is 10.5 Å². The maximum absolute atomic E-state index is 5.70. The van der Waals surface area contributed by atoms with Crippen molar-refractivity contribution in [2.75, 3.05) is 19.5 Å². The Balaban J connectivity index is 2.43. The van der Waals surface area contributed by atoms with Crippen LogP contribution in [0.2, 0.25) is 0 Å². The topological polar surface area (TPSA) is 53.1 Å². The Bertz CT molecular complexity index is 544. The summed E-state index contributed by atoms with van der Waals surface area (Å²) >= 11 is 1.47. The first-order chi connectivity index (χ1) is 8.54. The van der Waals surface area contributed by atoms with E-state index in [9.17, 15) is 0 Å². The Morgan fingerprint density at radius 1 is 1.50 bits per heavy atom. The number of anilines is 1. The van der Waals surface area contributed by atoms with E-state index in [0.717, 1.165) is 11.3 Å². The lowest BCUT2D eigenvalue weighted by molar-refractivity contribution is 0.161. The molecule has 2 aromatic heterocycles. The number of aromatic nitrogens is 2. The average molecular weight is 265 g/mol. The molecule has 2 heterocycles. The largest absolute Gasteiger partial charge is 0.383 e. The number of nitrogens with two attached hydrogens (primary N) is 1. The zero-order valence-corrected chi connectivity index (χ0v) is 12.0. The minimum atomic E-state index is 0.319. The molecule has 0 fully saturated rings. The Hall–Kier alpha value is -1.33. The van der Waals surface area contributed by atoms with Crippen molar-refractivity contribution >= 4 is 16.5 Å². The van der Waals surface area contributed by atoms with Crippen molar-refractivity contribution < 1.29 is 4.74 Å². The third-order valence-electron chi connectivity index (χ3n) is 3.13. The van der Waals surface area contributed by atoms with Gasteiger partial charge in [-0.3, -0.25) is 0 Å². The first-order valence-corrected chi connectivity index (χ1v) is 6.81. The summed E-state index contributed by atoms with van der Waals surface area (Å²) in [5, 5.41) is 2.61. The van der Waals surface area contributed by atoms with Crippen LogP contribution in [-0.4, -0.2) is 23.3 Å². The van der Waals surface area contributed by atoms with Gasteiger partial charge in [0.1, 0.15) is 0 Å². The van der Waals surface area contributed by atoms with Gasteiger partial charge < -0.3 is 15.0 Å². The first kappa shape index (κ1) is 13.1. The van der Waals surface area contributed by atoms with E-state index < -0.39 is 0 Å². The molecule has 1 atom stereocenters. The van der Waals surface area contributed by atoms with Crippen LogP contribution in [0.25, 0.3) is 11.3 Å². The molecule has 0 aliphatic rings. The fraction of sp³-hybridized carbons (Fsp3) is 0.462. The van der Waals surface area contributed by atoms with Crippen molar-refractivity contribution in [1.29, 1.82) is 0 Å². The van der Waals surface area contributed by atoms with Crippen molar-refractivity contribution in [3.63, 3.8) is 0 Å². The van der Waals surface area contributed by atoms with E-state index in [0.29, 0.717) is 17.8 Å². The number of ether oxygens (including phenoxy) is 1. The molecule has 18 heavy (non-hydrogen) atoms. The van der Waals surface area contributed by atoms with Crippen molar-refractivity contribution in [1.82, 2.24) is 9.55 Å². The second kappa shape index (κ2) is 5.12. The standard InChI is InChI=1S/C13H19N3OS/c1-8-5-11(12-7-18-13(14)15-12)10(3)16(8)9(2)6-17-4/h5,7,9H,6H2,1-4H3,(H2,14,15). The Morgan fingerprint density at radius 2 is 2.22 bits per heavy atom. The van der Waals surface area contributed by atoms with E-state index in [1.807, 2.05) is 5.38 Å². The van der Waals surface area contributed by atoms with Crippen LogP contribution in [0, 0.1) is 13.8 Å². The van der Waals surface area contributed by atoms with Gasteiger partial charge in [0.25, 0.3) is 0 Å². The SMILES string of the molecule is COCC(C)n1c(C)cc(-c2csc(N)n2)c1C. The number of rotatable bonds is 4. The molecule has 98 valence electrons. The fourth-order valence-electron chi connectivity index (χ4n) is 2.44.